The fraction of sp³-hybridized carbons (Fsp3) is 0.500. The Labute approximate surface area is 103 Å². The highest BCUT2D eigenvalue weighted by molar-refractivity contribution is 5.91. The summed E-state index contributed by atoms with van der Waals surface area (Å²) in [6.45, 7) is 3.96. The van der Waals surface area contributed by atoms with Crippen molar-refractivity contribution in [2.45, 2.75) is 32.2 Å². The van der Waals surface area contributed by atoms with Crippen molar-refractivity contribution in [1.29, 1.82) is 0 Å². The molecular formula is C14H21N2O+. The van der Waals surface area contributed by atoms with Crippen molar-refractivity contribution in [3.63, 3.8) is 0 Å². The standard InChI is InChI=1S/C14H20N2O/c1-12-7-5-6-10-16(12)11-14(17)15-13-8-3-2-4-9-13/h2-4,8-9,12H,5-7,10-11H2,1H3,(H,15,17)/p+1/t12-/m0/s1. The van der Waals surface area contributed by atoms with E-state index >= 15 is 0 Å². The summed E-state index contributed by atoms with van der Waals surface area (Å²) in [7, 11) is 0. The van der Waals surface area contributed by atoms with Gasteiger partial charge in [0.1, 0.15) is 0 Å². The Morgan fingerprint density at radius 3 is 2.82 bits per heavy atom. The van der Waals surface area contributed by atoms with Crippen molar-refractivity contribution < 1.29 is 9.69 Å². The highest BCUT2D eigenvalue weighted by Gasteiger charge is 2.23. The third-order valence-corrected chi connectivity index (χ3v) is 3.53. The Balaban J connectivity index is 1.84. The monoisotopic (exact) mass is 233 g/mol. The maximum atomic E-state index is 11.9. The maximum Gasteiger partial charge on any atom is 0.279 e. The molecule has 1 aromatic rings. The molecule has 0 saturated carbocycles. The number of piperidine rings is 1. The zero-order chi connectivity index (χ0) is 12.1. The average Bonchev–Trinajstić information content (AvgIpc) is 2.33. The molecule has 3 heteroatoms. The number of nitrogens with one attached hydrogen (secondary N) is 2. The first kappa shape index (κ1) is 12.1. The summed E-state index contributed by atoms with van der Waals surface area (Å²) in [6.07, 6.45) is 3.80. The minimum atomic E-state index is 0.125. The van der Waals surface area contributed by atoms with Crippen molar-refractivity contribution in [3.8, 4) is 0 Å². The van der Waals surface area contributed by atoms with Gasteiger partial charge < -0.3 is 10.2 Å². The summed E-state index contributed by atoms with van der Waals surface area (Å²) >= 11 is 0. The fourth-order valence-corrected chi connectivity index (χ4v) is 2.45. The molecule has 17 heavy (non-hydrogen) atoms. The van der Waals surface area contributed by atoms with Gasteiger partial charge in [-0.15, -0.1) is 0 Å². The van der Waals surface area contributed by atoms with Crippen molar-refractivity contribution in [2.75, 3.05) is 18.4 Å². The number of rotatable bonds is 3. The van der Waals surface area contributed by atoms with E-state index in [4.69, 9.17) is 0 Å². The van der Waals surface area contributed by atoms with Gasteiger partial charge in [0, 0.05) is 5.69 Å². The van der Waals surface area contributed by atoms with Crippen molar-refractivity contribution in [1.82, 2.24) is 0 Å². The molecule has 0 aromatic heterocycles. The average molecular weight is 233 g/mol. The maximum absolute atomic E-state index is 11.9. The Morgan fingerprint density at radius 1 is 1.35 bits per heavy atom. The lowest BCUT2D eigenvalue weighted by molar-refractivity contribution is -0.920. The van der Waals surface area contributed by atoms with Crippen LogP contribution in [-0.4, -0.2) is 25.0 Å². The zero-order valence-corrected chi connectivity index (χ0v) is 10.4. The van der Waals surface area contributed by atoms with Gasteiger partial charge in [-0.25, -0.2) is 0 Å². The summed E-state index contributed by atoms with van der Waals surface area (Å²) in [5.41, 5.74) is 0.890. The van der Waals surface area contributed by atoms with Crippen molar-refractivity contribution in [3.05, 3.63) is 30.3 Å². The fourth-order valence-electron chi connectivity index (χ4n) is 2.45. The molecule has 0 radical (unpaired) electrons. The van der Waals surface area contributed by atoms with Gasteiger partial charge in [-0.2, -0.15) is 0 Å². The predicted octanol–water partition coefficient (Wildman–Crippen LogP) is 1.08. The van der Waals surface area contributed by atoms with Gasteiger partial charge in [0.25, 0.3) is 5.91 Å². The molecule has 0 bridgehead atoms. The van der Waals surface area contributed by atoms with Crippen LogP contribution in [0.4, 0.5) is 5.69 Å². The lowest BCUT2D eigenvalue weighted by atomic mass is 10.0. The largest absolute Gasteiger partial charge is 0.325 e. The van der Waals surface area contributed by atoms with Crippen molar-refractivity contribution >= 4 is 11.6 Å². The van der Waals surface area contributed by atoms with Crippen LogP contribution >= 0.6 is 0 Å². The normalized spacial score (nSPS) is 24.3. The van der Waals surface area contributed by atoms with Crippen LogP contribution in [0.1, 0.15) is 26.2 Å². The van der Waals surface area contributed by atoms with Gasteiger partial charge in [-0.05, 0) is 38.3 Å². The Hall–Kier alpha value is -1.35. The summed E-state index contributed by atoms with van der Waals surface area (Å²) < 4.78 is 0. The zero-order valence-electron chi connectivity index (χ0n) is 10.4. The summed E-state index contributed by atoms with van der Waals surface area (Å²) in [6, 6.07) is 10.3. The minimum absolute atomic E-state index is 0.125. The lowest BCUT2D eigenvalue weighted by Crippen LogP contribution is -3.17. The van der Waals surface area contributed by atoms with E-state index in [2.05, 4.69) is 12.2 Å². The molecule has 1 heterocycles. The van der Waals surface area contributed by atoms with E-state index in [9.17, 15) is 4.79 Å². The number of carbonyl (C=O) groups is 1. The number of carbonyl (C=O) groups excluding carboxylic acids is 1. The first-order chi connectivity index (χ1) is 8.25. The Bertz CT molecular complexity index is 364. The van der Waals surface area contributed by atoms with Crippen LogP contribution < -0.4 is 10.2 Å². The number of anilines is 1. The lowest BCUT2D eigenvalue weighted by Gasteiger charge is -2.29. The van der Waals surface area contributed by atoms with E-state index in [1.807, 2.05) is 30.3 Å². The smallest absolute Gasteiger partial charge is 0.279 e. The van der Waals surface area contributed by atoms with Crippen LogP contribution in [0.3, 0.4) is 0 Å². The first-order valence-electron chi connectivity index (χ1n) is 6.45. The second-order valence-electron chi connectivity index (χ2n) is 4.90. The molecule has 1 aliphatic rings. The van der Waals surface area contributed by atoms with Gasteiger partial charge in [0.2, 0.25) is 0 Å². The Morgan fingerprint density at radius 2 is 2.12 bits per heavy atom. The number of hydrogen-bond acceptors (Lipinski definition) is 1. The molecule has 1 saturated heterocycles. The molecule has 1 amide bonds. The number of quaternary nitrogens is 1. The highest BCUT2D eigenvalue weighted by atomic mass is 16.2. The van der Waals surface area contributed by atoms with Crippen molar-refractivity contribution in [2.24, 2.45) is 0 Å². The minimum Gasteiger partial charge on any atom is -0.325 e. The molecule has 2 atom stereocenters. The van der Waals surface area contributed by atoms with E-state index in [-0.39, 0.29) is 5.91 Å². The van der Waals surface area contributed by atoms with Crippen LogP contribution in [0.5, 0.6) is 0 Å². The van der Waals surface area contributed by atoms with E-state index in [1.54, 1.807) is 0 Å². The molecule has 2 rings (SSSR count). The van der Waals surface area contributed by atoms with E-state index in [0.717, 1.165) is 12.2 Å². The van der Waals surface area contributed by atoms with Gasteiger partial charge in [-0.1, -0.05) is 18.2 Å². The van der Waals surface area contributed by atoms with Crippen LogP contribution in [-0.2, 0) is 4.79 Å². The van der Waals surface area contributed by atoms with E-state index in [1.165, 1.54) is 24.2 Å². The molecule has 0 spiro atoms. The molecular weight excluding hydrogens is 212 g/mol. The van der Waals surface area contributed by atoms with Gasteiger partial charge in [0.15, 0.2) is 6.54 Å². The molecule has 0 aliphatic carbocycles. The molecule has 1 aromatic carbocycles. The topological polar surface area (TPSA) is 33.5 Å². The molecule has 2 N–H and O–H groups in total. The third kappa shape index (κ3) is 3.56. The molecule has 1 aliphatic heterocycles. The number of likely N-dealkylation sites (tertiary alicyclic amines) is 1. The molecule has 1 unspecified atom stereocenters. The molecule has 92 valence electrons. The van der Waals surface area contributed by atoms with Crippen LogP contribution in [0.25, 0.3) is 0 Å². The van der Waals surface area contributed by atoms with Gasteiger partial charge in [0.05, 0.1) is 12.6 Å². The number of para-hydroxylation sites is 1. The van der Waals surface area contributed by atoms with Gasteiger partial charge >= 0.3 is 0 Å². The number of amides is 1. The van der Waals surface area contributed by atoms with Crippen LogP contribution in [0, 0.1) is 0 Å². The predicted molar refractivity (Wildman–Crippen MR) is 69.1 cm³/mol. The summed E-state index contributed by atoms with van der Waals surface area (Å²) in [5, 5.41) is 2.95. The first-order valence-corrected chi connectivity index (χ1v) is 6.45. The number of benzene rings is 1. The number of hydrogen-bond donors (Lipinski definition) is 2. The molecule has 3 nitrogen and oxygen atoms in total. The van der Waals surface area contributed by atoms with E-state index in [0.29, 0.717) is 12.6 Å². The second-order valence-corrected chi connectivity index (χ2v) is 4.90. The second kappa shape index (κ2) is 5.82. The summed E-state index contributed by atoms with van der Waals surface area (Å²) in [4.78, 5) is 13.3. The molecule has 1 fully saturated rings. The third-order valence-electron chi connectivity index (χ3n) is 3.53. The van der Waals surface area contributed by atoms with Crippen LogP contribution in [0.15, 0.2) is 30.3 Å². The summed E-state index contributed by atoms with van der Waals surface area (Å²) in [5.74, 6) is 0.125. The van der Waals surface area contributed by atoms with Gasteiger partial charge in [-0.3, -0.25) is 4.79 Å². The highest BCUT2D eigenvalue weighted by Crippen LogP contribution is 2.04. The SMILES string of the molecule is C[C@H]1CCCC[NH+]1CC(=O)Nc1ccccc1. The Kier molecular flexibility index (Phi) is 4.15. The van der Waals surface area contributed by atoms with E-state index < -0.39 is 0 Å². The van der Waals surface area contributed by atoms with Crippen LogP contribution in [0.2, 0.25) is 0 Å². The quantitative estimate of drug-likeness (QED) is 0.805.